The largest absolute Gasteiger partial charge is 0.493 e. The lowest BCUT2D eigenvalue weighted by atomic mass is 10.1. The van der Waals surface area contributed by atoms with Gasteiger partial charge in [-0.3, -0.25) is 0 Å². The number of nitrogens with one attached hydrogen (secondary N) is 2. The first-order valence-corrected chi connectivity index (χ1v) is 6.98. The first-order valence-electron chi connectivity index (χ1n) is 6.98. The van der Waals surface area contributed by atoms with Crippen LogP contribution in [-0.4, -0.2) is 33.4 Å². The molecule has 1 saturated heterocycles. The van der Waals surface area contributed by atoms with E-state index in [1.807, 2.05) is 12.1 Å². The van der Waals surface area contributed by atoms with Gasteiger partial charge in [0.15, 0.2) is 11.5 Å². The van der Waals surface area contributed by atoms with Crippen LogP contribution in [0.15, 0.2) is 18.2 Å². The average molecular weight is 264 g/mol. The summed E-state index contributed by atoms with van der Waals surface area (Å²) in [5, 5.41) is 7.04. The van der Waals surface area contributed by atoms with E-state index in [9.17, 15) is 0 Å². The van der Waals surface area contributed by atoms with Crippen molar-refractivity contribution in [1.29, 1.82) is 0 Å². The normalized spacial score (nSPS) is 19.2. The predicted octanol–water partition coefficient (Wildman–Crippen LogP) is 1.94. The zero-order valence-corrected chi connectivity index (χ0v) is 11.9. The molecule has 0 spiro atoms. The van der Waals surface area contributed by atoms with Crippen molar-refractivity contribution in [1.82, 2.24) is 10.6 Å². The van der Waals surface area contributed by atoms with Crippen molar-refractivity contribution in [3.63, 3.8) is 0 Å². The maximum absolute atomic E-state index is 5.31. The van der Waals surface area contributed by atoms with Crippen molar-refractivity contribution in [2.24, 2.45) is 0 Å². The van der Waals surface area contributed by atoms with Gasteiger partial charge in [0.2, 0.25) is 0 Å². The molecule has 2 N–H and O–H groups in total. The lowest BCUT2D eigenvalue weighted by Gasteiger charge is -2.23. The van der Waals surface area contributed by atoms with E-state index >= 15 is 0 Å². The molecule has 0 radical (unpaired) electrons. The molecule has 19 heavy (non-hydrogen) atoms. The molecule has 1 aliphatic rings. The third kappa shape index (κ3) is 4.11. The van der Waals surface area contributed by atoms with Crippen LogP contribution >= 0.6 is 0 Å². The lowest BCUT2D eigenvalue weighted by Crippen LogP contribution is -2.41. The van der Waals surface area contributed by atoms with Crippen molar-refractivity contribution in [3.05, 3.63) is 23.8 Å². The Labute approximate surface area is 115 Å². The average Bonchev–Trinajstić information content (AvgIpc) is 2.48. The molecule has 1 aliphatic heterocycles. The van der Waals surface area contributed by atoms with E-state index in [1.54, 1.807) is 14.2 Å². The summed E-state index contributed by atoms with van der Waals surface area (Å²) in [7, 11) is 3.32. The molecule has 0 aromatic heterocycles. The first kappa shape index (κ1) is 14.2. The molecule has 0 bridgehead atoms. The molecular formula is C15H24N2O2. The van der Waals surface area contributed by atoms with Gasteiger partial charge in [-0.25, -0.2) is 0 Å². The number of rotatable bonds is 6. The van der Waals surface area contributed by atoms with Crippen LogP contribution in [0.3, 0.4) is 0 Å². The third-order valence-electron chi connectivity index (χ3n) is 3.58. The monoisotopic (exact) mass is 264 g/mol. The first-order chi connectivity index (χ1) is 9.33. The van der Waals surface area contributed by atoms with E-state index in [-0.39, 0.29) is 0 Å². The highest BCUT2D eigenvalue weighted by Crippen LogP contribution is 2.27. The highest BCUT2D eigenvalue weighted by Gasteiger charge is 2.11. The van der Waals surface area contributed by atoms with Crippen LogP contribution in [0.25, 0.3) is 0 Å². The minimum atomic E-state index is 0.619. The second-order valence-electron chi connectivity index (χ2n) is 4.97. The molecule has 4 nitrogen and oxygen atoms in total. The van der Waals surface area contributed by atoms with Crippen LogP contribution in [0.1, 0.15) is 24.8 Å². The topological polar surface area (TPSA) is 42.5 Å². The van der Waals surface area contributed by atoms with E-state index in [1.165, 1.54) is 24.8 Å². The summed E-state index contributed by atoms with van der Waals surface area (Å²) in [4.78, 5) is 0. The molecule has 0 amide bonds. The Kier molecular flexibility index (Phi) is 5.48. The van der Waals surface area contributed by atoms with E-state index in [0.717, 1.165) is 31.1 Å². The quantitative estimate of drug-likeness (QED) is 0.824. The van der Waals surface area contributed by atoms with E-state index in [4.69, 9.17) is 9.47 Å². The number of benzene rings is 1. The smallest absolute Gasteiger partial charge is 0.161 e. The Balaban J connectivity index is 1.81. The van der Waals surface area contributed by atoms with Gasteiger partial charge in [0, 0.05) is 19.1 Å². The molecular weight excluding hydrogens is 240 g/mol. The van der Waals surface area contributed by atoms with E-state index in [2.05, 4.69) is 16.7 Å². The minimum Gasteiger partial charge on any atom is -0.493 e. The van der Waals surface area contributed by atoms with Crippen molar-refractivity contribution < 1.29 is 9.47 Å². The molecule has 0 saturated carbocycles. The van der Waals surface area contributed by atoms with Crippen LogP contribution < -0.4 is 20.1 Å². The predicted molar refractivity (Wildman–Crippen MR) is 76.9 cm³/mol. The van der Waals surface area contributed by atoms with Gasteiger partial charge in [-0.1, -0.05) is 12.5 Å². The highest BCUT2D eigenvalue weighted by atomic mass is 16.5. The van der Waals surface area contributed by atoms with Gasteiger partial charge in [0.05, 0.1) is 14.2 Å². The van der Waals surface area contributed by atoms with Gasteiger partial charge in [0.25, 0.3) is 0 Å². The minimum absolute atomic E-state index is 0.619. The van der Waals surface area contributed by atoms with E-state index < -0.39 is 0 Å². The van der Waals surface area contributed by atoms with Gasteiger partial charge >= 0.3 is 0 Å². The summed E-state index contributed by atoms with van der Waals surface area (Å²) < 4.78 is 10.5. The Morgan fingerprint density at radius 2 is 2.05 bits per heavy atom. The number of piperidine rings is 1. The van der Waals surface area contributed by atoms with Crippen molar-refractivity contribution >= 4 is 0 Å². The summed E-state index contributed by atoms with van der Waals surface area (Å²) in [6, 6.07) is 6.67. The molecule has 1 fully saturated rings. The number of hydrogen-bond donors (Lipinski definition) is 2. The molecule has 4 heteroatoms. The number of ether oxygens (including phenoxy) is 2. The van der Waals surface area contributed by atoms with Gasteiger partial charge in [-0.2, -0.15) is 0 Å². The molecule has 1 heterocycles. The van der Waals surface area contributed by atoms with Crippen molar-refractivity contribution in [2.75, 3.05) is 27.3 Å². The second kappa shape index (κ2) is 7.36. The van der Waals surface area contributed by atoms with Crippen LogP contribution in [-0.2, 0) is 6.54 Å². The molecule has 106 valence electrons. The Hall–Kier alpha value is -1.26. The zero-order valence-electron chi connectivity index (χ0n) is 11.9. The van der Waals surface area contributed by atoms with Crippen molar-refractivity contribution in [2.45, 2.75) is 31.8 Å². The zero-order chi connectivity index (χ0) is 13.5. The summed E-state index contributed by atoms with van der Waals surface area (Å²) >= 11 is 0. The van der Waals surface area contributed by atoms with Crippen molar-refractivity contribution in [3.8, 4) is 11.5 Å². The SMILES string of the molecule is COc1ccc(CNCC2CCCCN2)cc1OC. The Morgan fingerprint density at radius 3 is 2.74 bits per heavy atom. The summed E-state index contributed by atoms with van der Waals surface area (Å²) in [6.07, 6.45) is 3.93. The highest BCUT2D eigenvalue weighted by molar-refractivity contribution is 5.42. The van der Waals surface area contributed by atoms with E-state index in [0.29, 0.717) is 6.04 Å². The lowest BCUT2D eigenvalue weighted by molar-refractivity contribution is 0.354. The summed E-state index contributed by atoms with van der Waals surface area (Å²) in [5.41, 5.74) is 1.22. The molecule has 1 aromatic carbocycles. The molecule has 2 rings (SSSR count). The standard InChI is InChI=1S/C15H24N2O2/c1-18-14-7-6-12(9-15(14)19-2)10-16-11-13-5-3-4-8-17-13/h6-7,9,13,16-17H,3-5,8,10-11H2,1-2H3. The molecule has 1 atom stereocenters. The molecule has 0 aliphatic carbocycles. The maximum atomic E-state index is 5.31. The maximum Gasteiger partial charge on any atom is 0.161 e. The Morgan fingerprint density at radius 1 is 1.21 bits per heavy atom. The number of methoxy groups -OCH3 is 2. The molecule has 1 aromatic rings. The fraction of sp³-hybridized carbons (Fsp3) is 0.600. The summed E-state index contributed by atoms with van der Waals surface area (Å²) in [5.74, 6) is 1.57. The third-order valence-corrected chi connectivity index (χ3v) is 3.58. The van der Waals surface area contributed by atoms with Crippen LogP contribution in [0, 0.1) is 0 Å². The fourth-order valence-electron chi connectivity index (χ4n) is 2.48. The summed E-state index contributed by atoms with van der Waals surface area (Å²) in [6.45, 7) is 3.04. The van der Waals surface area contributed by atoms with Crippen LogP contribution in [0.4, 0.5) is 0 Å². The van der Waals surface area contributed by atoms with Gasteiger partial charge in [-0.15, -0.1) is 0 Å². The second-order valence-corrected chi connectivity index (χ2v) is 4.97. The van der Waals surface area contributed by atoms with Gasteiger partial charge in [-0.05, 0) is 37.1 Å². The number of hydrogen-bond acceptors (Lipinski definition) is 4. The van der Waals surface area contributed by atoms with Gasteiger partial charge in [0.1, 0.15) is 0 Å². The fourth-order valence-corrected chi connectivity index (χ4v) is 2.48. The van der Waals surface area contributed by atoms with Crippen LogP contribution in [0.2, 0.25) is 0 Å². The van der Waals surface area contributed by atoms with Crippen LogP contribution in [0.5, 0.6) is 11.5 Å². The molecule has 1 unspecified atom stereocenters. The van der Waals surface area contributed by atoms with Gasteiger partial charge < -0.3 is 20.1 Å². The Bertz CT molecular complexity index is 390.